The Labute approximate surface area is 123 Å². The minimum atomic E-state index is 0.345. The molecule has 1 aliphatic carbocycles. The summed E-state index contributed by atoms with van der Waals surface area (Å²) in [5, 5.41) is 3.81. The van der Waals surface area contributed by atoms with Gasteiger partial charge in [0.1, 0.15) is 5.75 Å². The maximum Gasteiger partial charge on any atom is 0.123 e. The number of nitrogens with one attached hydrogen (secondary N) is 1. The van der Waals surface area contributed by atoms with Crippen molar-refractivity contribution < 1.29 is 4.74 Å². The Hall–Kier alpha value is -1.02. The molecular weight excluding hydrogens is 246 g/mol. The van der Waals surface area contributed by atoms with E-state index in [0.29, 0.717) is 17.5 Å². The van der Waals surface area contributed by atoms with Gasteiger partial charge in [0.25, 0.3) is 0 Å². The number of para-hydroxylation sites is 1. The van der Waals surface area contributed by atoms with Crippen LogP contribution >= 0.6 is 0 Å². The fraction of sp³-hybridized carbons (Fsp3) is 0.667. The molecular formula is C18H29NO. The molecule has 0 heterocycles. The fourth-order valence-electron chi connectivity index (χ4n) is 3.30. The summed E-state index contributed by atoms with van der Waals surface area (Å²) >= 11 is 0. The molecule has 0 bridgehead atoms. The van der Waals surface area contributed by atoms with E-state index in [-0.39, 0.29) is 0 Å². The number of rotatable bonds is 4. The Morgan fingerprint density at radius 1 is 1.20 bits per heavy atom. The Balaban J connectivity index is 1.99. The molecule has 1 unspecified atom stereocenters. The molecule has 112 valence electrons. The summed E-state index contributed by atoms with van der Waals surface area (Å²) in [7, 11) is 1.75. The van der Waals surface area contributed by atoms with E-state index in [4.69, 9.17) is 4.74 Å². The van der Waals surface area contributed by atoms with Gasteiger partial charge in [-0.2, -0.15) is 0 Å². The van der Waals surface area contributed by atoms with Gasteiger partial charge in [0, 0.05) is 17.6 Å². The molecule has 1 aliphatic rings. The van der Waals surface area contributed by atoms with Gasteiger partial charge in [0.15, 0.2) is 0 Å². The third kappa shape index (κ3) is 3.99. The normalized spacial score (nSPS) is 23.9. The van der Waals surface area contributed by atoms with Gasteiger partial charge in [-0.25, -0.2) is 0 Å². The van der Waals surface area contributed by atoms with E-state index in [1.54, 1.807) is 7.11 Å². The van der Waals surface area contributed by atoms with Crippen LogP contribution in [0.4, 0.5) is 0 Å². The molecule has 0 amide bonds. The van der Waals surface area contributed by atoms with Crippen molar-refractivity contribution in [2.75, 3.05) is 7.11 Å². The predicted octanol–water partition coefficient (Wildman–Crippen LogP) is 4.70. The lowest BCUT2D eigenvalue weighted by atomic mass is 9.85. The predicted molar refractivity (Wildman–Crippen MR) is 85.2 cm³/mol. The lowest BCUT2D eigenvalue weighted by Gasteiger charge is -2.25. The van der Waals surface area contributed by atoms with Crippen molar-refractivity contribution in [2.24, 2.45) is 5.41 Å². The van der Waals surface area contributed by atoms with Crippen LogP contribution in [0, 0.1) is 5.41 Å². The molecule has 1 aromatic rings. The summed E-state index contributed by atoms with van der Waals surface area (Å²) in [6.45, 7) is 7.05. The van der Waals surface area contributed by atoms with Gasteiger partial charge < -0.3 is 10.1 Å². The first-order valence-corrected chi connectivity index (χ1v) is 7.91. The minimum absolute atomic E-state index is 0.345. The Bertz CT molecular complexity index is 427. The minimum Gasteiger partial charge on any atom is -0.496 e. The highest BCUT2D eigenvalue weighted by Crippen LogP contribution is 2.34. The summed E-state index contributed by atoms with van der Waals surface area (Å²) in [4.78, 5) is 0. The number of ether oxygens (including phenoxy) is 1. The van der Waals surface area contributed by atoms with Crippen LogP contribution in [0.3, 0.4) is 0 Å². The molecule has 0 spiro atoms. The first-order valence-electron chi connectivity index (χ1n) is 7.91. The average molecular weight is 275 g/mol. The third-order valence-corrected chi connectivity index (χ3v) is 4.67. The van der Waals surface area contributed by atoms with Crippen LogP contribution in [-0.2, 0) is 0 Å². The van der Waals surface area contributed by atoms with E-state index in [1.165, 1.54) is 37.7 Å². The number of methoxy groups -OCH3 is 1. The molecule has 2 heteroatoms. The van der Waals surface area contributed by atoms with E-state index in [9.17, 15) is 0 Å². The fourth-order valence-corrected chi connectivity index (χ4v) is 3.30. The summed E-state index contributed by atoms with van der Waals surface area (Å²) in [5.74, 6) is 0.987. The van der Waals surface area contributed by atoms with Crippen LogP contribution in [0.2, 0.25) is 0 Å². The molecule has 1 aromatic carbocycles. The Morgan fingerprint density at radius 3 is 2.70 bits per heavy atom. The molecule has 1 fully saturated rings. The SMILES string of the molecule is COc1ccccc1[C@@H](C)NC1CCCC(C)(C)CC1. The highest BCUT2D eigenvalue weighted by atomic mass is 16.5. The average Bonchev–Trinajstić information content (AvgIpc) is 2.60. The first kappa shape index (κ1) is 15.4. The zero-order valence-electron chi connectivity index (χ0n) is 13.4. The van der Waals surface area contributed by atoms with Crippen molar-refractivity contribution in [3.05, 3.63) is 29.8 Å². The van der Waals surface area contributed by atoms with Gasteiger partial charge >= 0.3 is 0 Å². The van der Waals surface area contributed by atoms with Crippen LogP contribution in [0.25, 0.3) is 0 Å². The van der Waals surface area contributed by atoms with Crippen molar-refractivity contribution in [1.82, 2.24) is 5.32 Å². The Kier molecular flexibility index (Phi) is 5.09. The first-order chi connectivity index (χ1) is 9.52. The van der Waals surface area contributed by atoms with Crippen LogP contribution < -0.4 is 10.1 Å². The molecule has 1 N–H and O–H groups in total. The second kappa shape index (κ2) is 6.62. The number of hydrogen-bond donors (Lipinski definition) is 1. The van der Waals surface area contributed by atoms with Crippen molar-refractivity contribution in [3.8, 4) is 5.75 Å². The maximum atomic E-state index is 5.47. The lowest BCUT2D eigenvalue weighted by Crippen LogP contribution is -2.31. The van der Waals surface area contributed by atoms with Crippen LogP contribution in [0.5, 0.6) is 5.75 Å². The summed E-state index contributed by atoms with van der Waals surface area (Å²) in [5.41, 5.74) is 1.78. The van der Waals surface area contributed by atoms with Crippen LogP contribution in [-0.4, -0.2) is 13.2 Å². The molecule has 2 rings (SSSR count). The Morgan fingerprint density at radius 2 is 1.95 bits per heavy atom. The van der Waals surface area contributed by atoms with Gasteiger partial charge in [-0.15, -0.1) is 0 Å². The zero-order valence-corrected chi connectivity index (χ0v) is 13.4. The highest BCUT2D eigenvalue weighted by Gasteiger charge is 2.25. The molecule has 0 radical (unpaired) electrons. The summed E-state index contributed by atoms with van der Waals surface area (Å²) in [6, 6.07) is 9.31. The maximum absolute atomic E-state index is 5.47. The molecule has 0 aliphatic heterocycles. The molecule has 0 saturated heterocycles. The van der Waals surface area contributed by atoms with Gasteiger partial charge in [-0.1, -0.05) is 38.5 Å². The van der Waals surface area contributed by atoms with Crippen LogP contribution in [0.1, 0.15) is 64.5 Å². The van der Waals surface area contributed by atoms with Crippen molar-refractivity contribution in [3.63, 3.8) is 0 Å². The van der Waals surface area contributed by atoms with E-state index in [0.717, 1.165) is 5.75 Å². The molecule has 20 heavy (non-hydrogen) atoms. The number of hydrogen-bond acceptors (Lipinski definition) is 2. The second-order valence-electron chi connectivity index (χ2n) is 6.92. The van der Waals surface area contributed by atoms with Crippen molar-refractivity contribution in [1.29, 1.82) is 0 Å². The highest BCUT2D eigenvalue weighted by molar-refractivity contribution is 5.35. The van der Waals surface area contributed by atoms with Gasteiger partial charge in [-0.05, 0) is 44.1 Å². The smallest absolute Gasteiger partial charge is 0.123 e. The van der Waals surface area contributed by atoms with Crippen molar-refractivity contribution >= 4 is 0 Å². The topological polar surface area (TPSA) is 21.3 Å². The summed E-state index contributed by atoms with van der Waals surface area (Å²) < 4.78 is 5.47. The second-order valence-corrected chi connectivity index (χ2v) is 6.92. The molecule has 2 atom stereocenters. The molecule has 1 saturated carbocycles. The quantitative estimate of drug-likeness (QED) is 0.804. The summed E-state index contributed by atoms with van der Waals surface area (Å²) in [6.07, 6.45) is 6.59. The zero-order chi connectivity index (χ0) is 14.6. The van der Waals surface area contributed by atoms with E-state index in [2.05, 4.69) is 38.2 Å². The largest absolute Gasteiger partial charge is 0.496 e. The molecule has 2 nitrogen and oxygen atoms in total. The van der Waals surface area contributed by atoms with Gasteiger partial charge in [0.2, 0.25) is 0 Å². The monoisotopic (exact) mass is 275 g/mol. The van der Waals surface area contributed by atoms with E-state index >= 15 is 0 Å². The van der Waals surface area contributed by atoms with Gasteiger partial charge in [0.05, 0.1) is 7.11 Å². The van der Waals surface area contributed by atoms with Gasteiger partial charge in [-0.3, -0.25) is 0 Å². The lowest BCUT2D eigenvalue weighted by molar-refractivity contribution is 0.307. The standard InChI is InChI=1S/C18H29NO/c1-14(16-9-5-6-10-17(16)20-4)19-15-8-7-12-18(2,3)13-11-15/h5-6,9-10,14-15,19H,7-8,11-13H2,1-4H3/t14-,15?/m1/s1. The van der Waals surface area contributed by atoms with E-state index in [1.807, 2.05) is 12.1 Å². The number of benzene rings is 1. The molecule has 0 aromatic heterocycles. The van der Waals surface area contributed by atoms with E-state index < -0.39 is 0 Å². The van der Waals surface area contributed by atoms with Crippen LogP contribution in [0.15, 0.2) is 24.3 Å². The third-order valence-electron chi connectivity index (χ3n) is 4.67. The van der Waals surface area contributed by atoms with Crippen molar-refractivity contribution in [2.45, 2.75) is 65.0 Å².